The van der Waals surface area contributed by atoms with E-state index in [1.54, 1.807) is 18.2 Å². The highest BCUT2D eigenvalue weighted by atomic mass is 16.6. The van der Waals surface area contributed by atoms with E-state index in [2.05, 4.69) is 0 Å². The van der Waals surface area contributed by atoms with Gasteiger partial charge >= 0.3 is 5.97 Å². The van der Waals surface area contributed by atoms with E-state index in [0.29, 0.717) is 5.75 Å². The third kappa shape index (κ3) is 3.72. The van der Waals surface area contributed by atoms with E-state index in [9.17, 15) is 4.79 Å². The summed E-state index contributed by atoms with van der Waals surface area (Å²) < 4.78 is 10.3. The van der Waals surface area contributed by atoms with Crippen molar-refractivity contribution in [2.24, 2.45) is 0 Å². The predicted molar refractivity (Wildman–Crippen MR) is 78.2 cm³/mol. The van der Waals surface area contributed by atoms with Crippen molar-refractivity contribution in [3.63, 3.8) is 0 Å². The second-order valence-electron chi connectivity index (χ2n) is 4.33. The van der Waals surface area contributed by atoms with Crippen LogP contribution in [0.5, 0.6) is 5.75 Å². The molecule has 20 heavy (non-hydrogen) atoms. The Morgan fingerprint density at radius 2 is 1.65 bits per heavy atom. The number of methoxy groups -OCH3 is 1. The maximum Gasteiger partial charge on any atom is 0.373 e. The van der Waals surface area contributed by atoms with E-state index in [1.807, 2.05) is 49.4 Å². The highest BCUT2D eigenvalue weighted by Crippen LogP contribution is 2.16. The van der Waals surface area contributed by atoms with E-state index >= 15 is 0 Å². The van der Waals surface area contributed by atoms with Gasteiger partial charge in [-0.1, -0.05) is 48.0 Å². The Morgan fingerprint density at radius 3 is 2.25 bits per heavy atom. The molecule has 3 heteroatoms. The molecule has 0 aliphatic heterocycles. The van der Waals surface area contributed by atoms with Gasteiger partial charge in [0, 0.05) is 0 Å². The van der Waals surface area contributed by atoms with Gasteiger partial charge in [-0.05, 0) is 30.7 Å². The van der Waals surface area contributed by atoms with Gasteiger partial charge in [0.2, 0.25) is 5.76 Å². The number of rotatable bonds is 4. The number of aryl methyl sites for hydroxylation is 1. The van der Waals surface area contributed by atoms with Crippen molar-refractivity contribution in [2.75, 3.05) is 7.11 Å². The van der Waals surface area contributed by atoms with Gasteiger partial charge in [0.25, 0.3) is 0 Å². The van der Waals surface area contributed by atoms with Crippen LogP contribution < -0.4 is 4.74 Å². The van der Waals surface area contributed by atoms with Crippen LogP contribution in [0.3, 0.4) is 0 Å². The van der Waals surface area contributed by atoms with Crippen molar-refractivity contribution in [2.45, 2.75) is 6.92 Å². The standard InChI is InChI=1S/C17H16O3/c1-13-8-10-14(11-9-13)12-16(17(18)19-2)20-15-6-4-3-5-7-15/h3-12H,1-2H3/b16-12-. The van der Waals surface area contributed by atoms with Crippen LogP contribution in [0, 0.1) is 6.92 Å². The van der Waals surface area contributed by atoms with E-state index in [0.717, 1.165) is 11.1 Å². The minimum atomic E-state index is -0.505. The van der Waals surface area contributed by atoms with Gasteiger partial charge in [0.1, 0.15) is 5.75 Å². The molecule has 0 saturated carbocycles. The number of esters is 1. The van der Waals surface area contributed by atoms with Crippen LogP contribution in [0.4, 0.5) is 0 Å². The molecule has 2 rings (SSSR count). The molecule has 102 valence electrons. The van der Waals surface area contributed by atoms with Gasteiger partial charge < -0.3 is 9.47 Å². The second kappa shape index (κ2) is 6.57. The lowest BCUT2D eigenvalue weighted by Crippen LogP contribution is -2.10. The zero-order valence-electron chi connectivity index (χ0n) is 11.5. The van der Waals surface area contributed by atoms with Gasteiger partial charge in [0.05, 0.1) is 7.11 Å². The molecule has 2 aromatic rings. The summed E-state index contributed by atoms with van der Waals surface area (Å²) in [5.74, 6) is 0.244. The third-order valence-electron chi connectivity index (χ3n) is 2.73. The molecule has 0 fully saturated rings. The summed E-state index contributed by atoms with van der Waals surface area (Å²) in [5, 5.41) is 0. The molecule has 3 nitrogen and oxygen atoms in total. The smallest absolute Gasteiger partial charge is 0.373 e. The number of hydrogen-bond donors (Lipinski definition) is 0. The van der Waals surface area contributed by atoms with Crippen LogP contribution >= 0.6 is 0 Å². The number of hydrogen-bond acceptors (Lipinski definition) is 3. The Labute approximate surface area is 118 Å². The predicted octanol–water partition coefficient (Wildman–Crippen LogP) is 3.59. The van der Waals surface area contributed by atoms with Crippen LogP contribution in [-0.2, 0) is 9.53 Å². The van der Waals surface area contributed by atoms with E-state index in [-0.39, 0.29) is 5.76 Å². The van der Waals surface area contributed by atoms with E-state index in [4.69, 9.17) is 9.47 Å². The molecule has 0 saturated heterocycles. The van der Waals surface area contributed by atoms with E-state index in [1.165, 1.54) is 7.11 Å². The van der Waals surface area contributed by atoms with Gasteiger partial charge in [-0.2, -0.15) is 0 Å². The summed E-state index contributed by atoms with van der Waals surface area (Å²) in [5.41, 5.74) is 2.04. The first kappa shape index (κ1) is 13.9. The molecule has 0 bridgehead atoms. The maximum atomic E-state index is 11.8. The van der Waals surface area contributed by atoms with Crippen LogP contribution in [0.25, 0.3) is 6.08 Å². The van der Waals surface area contributed by atoms with Gasteiger partial charge in [0.15, 0.2) is 0 Å². The molecule has 0 aliphatic rings. The molecule has 0 amide bonds. The molecule has 0 aromatic heterocycles. The average molecular weight is 268 g/mol. The number of para-hydroxylation sites is 1. The fourth-order valence-electron chi connectivity index (χ4n) is 1.66. The second-order valence-corrected chi connectivity index (χ2v) is 4.33. The highest BCUT2D eigenvalue weighted by Gasteiger charge is 2.12. The van der Waals surface area contributed by atoms with Crippen molar-refractivity contribution in [1.29, 1.82) is 0 Å². The molecule has 0 atom stereocenters. The molecule has 0 N–H and O–H groups in total. The summed E-state index contributed by atoms with van der Waals surface area (Å²) in [4.78, 5) is 11.8. The van der Waals surface area contributed by atoms with Crippen LogP contribution in [0.15, 0.2) is 60.4 Å². The normalized spacial score (nSPS) is 11.0. The van der Waals surface area contributed by atoms with Gasteiger partial charge in [-0.15, -0.1) is 0 Å². The SMILES string of the molecule is COC(=O)/C(=C/c1ccc(C)cc1)Oc1ccccc1. The van der Waals surface area contributed by atoms with Crippen molar-refractivity contribution in [1.82, 2.24) is 0 Å². The molecular formula is C17H16O3. The lowest BCUT2D eigenvalue weighted by atomic mass is 10.1. The van der Waals surface area contributed by atoms with Crippen molar-refractivity contribution in [3.8, 4) is 5.75 Å². The average Bonchev–Trinajstić information content (AvgIpc) is 2.49. The molecule has 2 aromatic carbocycles. The van der Waals surface area contributed by atoms with Gasteiger partial charge in [-0.3, -0.25) is 0 Å². The van der Waals surface area contributed by atoms with Crippen LogP contribution in [0.1, 0.15) is 11.1 Å². The Bertz CT molecular complexity index is 598. The molecule has 0 unspecified atom stereocenters. The van der Waals surface area contributed by atoms with E-state index < -0.39 is 5.97 Å². The minimum Gasteiger partial charge on any atom is -0.463 e. The zero-order valence-corrected chi connectivity index (χ0v) is 11.5. The summed E-state index contributed by atoms with van der Waals surface area (Å²) in [6.07, 6.45) is 1.66. The first-order valence-electron chi connectivity index (χ1n) is 6.28. The maximum absolute atomic E-state index is 11.8. The van der Waals surface area contributed by atoms with Gasteiger partial charge in [-0.25, -0.2) is 4.79 Å². The number of ether oxygens (including phenoxy) is 2. The summed E-state index contributed by atoms with van der Waals surface area (Å²) in [7, 11) is 1.33. The Hall–Kier alpha value is -2.55. The molecule has 0 radical (unpaired) electrons. The minimum absolute atomic E-state index is 0.155. The monoisotopic (exact) mass is 268 g/mol. The zero-order chi connectivity index (χ0) is 14.4. The van der Waals surface area contributed by atoms with Crippen molar-refractivity contribution >= 4 is 12.0 Å². The largest absolute Gasteiger partial charge is 0.463 e. The third-order valence-corrected chi connectivity index (χ3v) is 2.73. The fourth-order valence-corrected chi connectivity index (χ4v) is 1.66. The van der Waals surface area contributed by atoms with Crippen LogP contribution in [-0.4, -0.2) is 13.1 Å². The molecule has 0 heterocycles. The summed E-state index contributed by atoms with van der Waals surface area (Å²) >= 11 is 0. The summed E-state index contributed by atoms with van der Waals surface area (Å²) in [6.45, 7) is 2.01. The molecular weight excluding hydrogens is 252 g/mol. The number of carbonyl (C=O) groups excluding carboxylic acids is 1. The first-order valence-corrected chi connectivity index (χ1v) is 6.28. The molecule has 0 spiro atoms. The Balaban J connectivity index is 2.28. The van der Waals surface area contributed by atoms with Crippen LogP contribution in [0.2, 0.25) is 0 Å². The number of carbonyl (C=O) groups is 1. The summed E-state index contributed by atoms with van der Waals surface area (Å²) in [6, 6.07) is 16.9. The van der Waals surface area contributed by atoms with Crippen molar-refractivity contribution < 1.29 is 14.3 Å². The topological polar surface area (TPSA) is 35.5 Å². The van der Waals surface area contributed by atoms with Crippen molar-refractivity contribution in [3.05, 3.63) is 71.5 Å². The lowest BCUT2D eigenvalue weighted by molar-refractivity contribution is -0.138. The Kier molecular flexibility index (Phi) is 4.56. The Morgan fingerprint density at radius 1 is 1.00 bits per heavy atom. The quantitative estimate of drug-likeness (QED) is 0.483. The highest BCUT2D eigenvalue weighted by molar-refractivity contribution is 5.91. The number of benzene rings is 2. The molecule has 0 aliphatic carbocycles. The fraction of sp³-hybridized carbons (Fsp3) is 0.118. The first-order chi connectivity index (χ1) is 9.69. The lowest BCUT2D eigenvalue weighted by Gasteiger charge is -2.08.